The monoisotopic (exact) mass is 199 g/mol. The molecule has 2 N–H and O–H groups in total. The van der Waals surface area contributed by atoms with Crippen molar-refractivity contribution >= 4 is 11.6 Å². The van der Waals surface area contributed by atoms with Gasteiger partial charge in [0.05, 0.1) is 12.7 Å². The van der Waals surface area contributed by atoms with E-state index in [9.17, 15) is 0 Å². The summed E-state index contributed by atoms with van der Waals surface area (Å²) in [6.45, 7) is 3.14. The van der Waals surface area contributed by atoms with Gasteiger partial charge < -0.3 is 10.5 Å². The molecule has 13 heavy (non-hydrogen) atoms. The van der Waals surface area contributed by atoms with E-state index in [1.54, 1.807) is 0 Å². The van der Waals surface area contributed by atoms with Crippen molar-refractivity contribution in [2.75, 3.05) is 13.2 Å². The Morgan fingerprint density at radius 3 is 2.54 bits per heavy atom. The molecule has 1 unspecified atom stereocenters. The van der Waals surface area contributed by atoms with Crippen LogP contribution < -0.4 is 5.73 Å². The standard InChI is InChI=1S/C10H14ClNO/c1-8(13-7-6-12)9-2-4-10(11)5-3-9/h2-5,8H,6-7,12H2,1H3. The first-order chi connectivity index (χ1) is 6.24. The third kappa shape index (κ3) is 3.35. The van der Waals surface area contributed by atoms with Gasteiger partial charge in [-0.1, -0.05) is 23.7 Å². The highest BCUT2D eigenvalue weighted by Gasteiger charge is 2.03. The van der Waals surface area contributed by atoms with Gasteiger partial charge in [0.1, 0.15) is 0 Å². The summed E-state index contributed by atoms with van der Waals surface area (Å²) in [4.78, 5) is 0. The molecule has 0 fully saturated rings. The highest BCUT2D eigenvalue weighted by atomic mass is 35.5. The number of nitrogens with two attached hydrogens (primary N) is 1. The van der Waals surface area contributed by atoms with E-state index in [2.05, 4.69) is 0 Å². The van der Waals surface area contributed by atoms with Crippen molar-refractivity contribution < 1.29 is 4.74 Å². The number of benzene rings is 1. The minimum absolute atomic E-state index is 0.0841. The van der Waals surface area contributed by atoms with Crippen LogP contribution in [0, 0.1) is 0 Å². The maximum absolute atomic E-state index is 5.76. The largest absolute Gasteiger partial charge is 0.373 e. The first kappa shape index (κ1) is 10.5. The van der Waals surface area contributed by atoms with Crippen LogP contribution in [0.1, 0.15) is 18.6 Å². The summed E-state index contributed by atoms with van der Waals surface area (Å²) in [5.41, 5.74) is 6.46. The Morgan fingerprint density at radius 1 is 1.38 bits per heavy atom. The molecule has 0 aliphatic rings. The van der Waals surface area contributed by atoms with Gasteiger partial charge in [-0.3, -0.25) is 0 Å². The van der Waals surface area contributed by atoms with Crippen molar-refractivity contribution in [2.45, 2.75) is 13.0 Å². The highest BCUT2D eigenvalue weighted by Crippen LogP contribution is 2.18. The molecule has 1 rings (SSSR count). The molecule has 1 aromatic carbocycles. The lowest BCUT2D eigenvalue weighted by Gasteiger charge is -2.12. The average Bonchev–Trinajstić information content (AvgIpc) is 2.15. The predicted molar refractivity (Wildman–Crippen MR) is 54.9 cm³/mol. The Labute approximate surface area is 83.6 Å². The van der Waals surface area contributed by atoms with Crippen molar-refractivity contribution in [3.05, 3.63) is 34.9 Å². The molecule has 2 nitrogen and oxygen atoms in total. The lowest BCUT2D eigenvalue weighted by atomic mass is 10.1. The van der Waals surface area contributed by atoms with Crippen molar-refractivity contribution in [2.24, 2.45) is 5.73 Å². The lowest BCUT2D eigenvalue weighted by Crippen LogP contribution is -2.10. The van der Waals surface area contributed by atoms with Crippen LogP contribution in [0.4, 0.5) is 0 Å². The Morgan fingerprint density at radius 2 is 2.00 bits per heavy atom. The average molecular weight is 200 g/mol. The molecule has 0 bridgehead atoms. The summed E-state index contributed by atoms with van der Waals surface area (Å²) in [6.07, 6.45) is 0.0841. The van der Waals surface area contributed by atoms with Crippen LogP contribution in [-0.4, -0.2) is 13.2 Å². The summed E-state index contributed by atoms with van der Waals surface area (Å²) < 4.78 is 5.45. The lowest BCUT2D eigenvalue weighted by molar-refractivity contribution is 0.0718. The van der Waals surface area contributed by atoms with Gasteiger partial charge in [0.2, 0.25) is 0 Å². The maximum Gasteiger partial charge on any atom is 0.0797 e. The SMILES string of the molecule is CC(OCCN)c1ccc(Cl)cc1. The van der Waals surface area contributed by atoms with Gasteiger partial charge in [0.25, 0.3) is 0 Å². The Bertz CT molecular complexity index is 248. The van der Waals surface area contributed by atoms with Gasteiger partial charge in [0.15, 0.2) is 0 Å². The quantitative estimate of drug-likeness (QED) is 0.808. The molecule has 1 aromatic rings. The van der Waals surface area contributed by atoms with Crippen LogP contribution in [0.15, 0.2) is 24.3 Å². The molecule has 1 atom stereocenters. The molecule has 0 radical (unpaired) electrons. The van der Waals surface area contributed by atoms with Gasteiger partial charge in [0, 0.05) is 11.6 Å². The van der Waals surface area contributed by atoms with Gasteiger partial charge in [-0.05, 0) is 24.6 Å². The van der Waals surface area contributed by atoms with E-state index in [4.69, 9.17) is 22.1 Å². The van der Waals surface area contributed by atoms with Crippen molar-refractivity contribution in [1.29, 1.82) is 0 Å². The van der Waals surface area contributed by atoms with E-state index in [-0.39, 0.29) is 6.10 Å². The van der Waals surface area contributed by atoms with E-state index < -0.39 is 0 Å². The fraction of sp³-hybridized carbons (Fsp3) is 0.400. The second-order valence-electron chi connectivity index (χ2n) is 2.85. The number of rotatable bonds is 4. The molecular weight excluding hydrogens is 186 g/mol. The molecule has 3 heteroatoms. The normalized spacial score (nSPS) is 12.8. The van der Waals surface area contributed by atoms with Crippen LogP contribution in [0.25, 0.3) is 0 Å². The molecule has 0 saturated heterocycles. The Kier molecular flexibility index (Phi) is 4.22. The smallest absolute Gasteiger partial charge is 0.0797 e. The molecule has 0 heterocycles. The minimum Gasteiger partial charge on any atom is -0.373 e. The van der Waals surface area contributed by atoms with Crippen molar-refractivity contribution in [3.63, 3.8) is 0 Å². The summed E-state index contributed by atoms with van der Waals surface area (Å²) >= 11 is 5.76. The number of hydrogen-bond acceptors (Lipinski definition) is 2. The third-order valence-electron chi connectivity index (χ3n) is 1.83. The molecule has 0 aromatic heterocycles. The zero-order valence-electron chi connectivity index (χ0n) is 7.66. The number of ether oxygens (including phenoxy) is 1. The molecule has 0 saturated carbocycles. The van der Waals surface area contributed by atoms with E-state index in [0.717, 1.165) is 10.6 Å². The van der Waals surface area contributed by atoms with E-state index in [1.807, 2.05) is 31.2 Å². The Balaban J connectivity index is 2.55. The van der Waals surface area contributed by atoms with E-state index in [0.29, 0.717) is 13.2 Å². The molecule has 72 valence electrons. The fourth-order valence-electron chi connectivity index (χ4n) is 1.07. The van der Waals surface area contributed by atoms with Crippen molar-refractivity contribution in [3.8, 4) is 0 Å². The fourth-order valence-corrected chi connectivity index (χ4v) is 1.20. The second kappa shape index (κ2) is 5.22. The predicted octanol–water partition coefficient (Wildman–Crippen LogP) is 2.38. The van der Waals surface area contributed by atoms with Gasteiger partial charge in [-0.15, -0.1) is 0 Å². The van der Waals surface area contributed by atoms with E-state index >= 15 is 0 Å². The minimum atomic E-state index is 0.0841. The van der Waals surface area contributed by atoms with Gasteiger partial charge >= 0.3 is 0 Å². The maximum atomic E-state index is 5.76. The van der Waals surface area contributed by atoms with Crippen molar-refractivity contribution in [1.82, 2.24) is 0 Å². The zero-order chi connectivity index (χ0) is 9.68. The number of hydrogen-bond donors (Lipinski definition) is 1. The first-order valence-electron chi connectivity index (χ1n) is 4.31. The summed E-state index contributed by atoms with van der Waals surface area (Å²) in [6, 6.07) is 7.64. The van der Waals surface area contributed by atoms with Crippen LogP contribution in [0.3, 0.4) is 0 Å². The summed E-state index contributed by atoms with van der Waals surface area (Å²) in [5.74, 6) is 0. The van der Waals surface area contributed by atoms with Gasteiger partial charge in [-0.25, -0.2) is 0 Å². The molecule has 0 spiro atoms. The van der Waals surface area contributed by atoms with Crippen LogP contribution >= 0.6 is 11.6 Å². The topological polar surface area (TPSA) is 35.2 Å². The molecule has 0 aliphatic carbocycles. The van der Waals surface area contributed by atoms with E-state index in [1.165, 1.54) is 0 Å². The molecular formula is C10H14ClNO. The number of halogens is 1. The summed E-state index contributed by atoms with van der Waals surface area (Å²) in [7, 11) is 0. The zero-order valence-corrected chi connectivity index (χ0v) is 8.42. The highest BCUT2D eigenvalue weighted by molar-refractivity contribution is 6.30. The Hall–Kier alpha value is -0.570. The first-order valence-corrected chi connectivity index (χ1v) is 4.69. The second-order valence-corrected chi connectivity index (χ2v) is 3.29. The molecule has 0 aliphatic heterocycles. The third-order valence-corrected chi connectivity index (χ3v) is 2.08. The summed E-state index contributed by atoms with van der Waals surface area (Å²) in [5, 5.41) is 0.745. The molecule has 0 amide bonds. The van der Waals surface area contributed by atoms with Crippen LogP contribution in [0.5, 0.6) is 0 Å². The van der Waals surface area contributed by atoms with Gasteiger partial charge in [-0.2, -0.15) is 0 Å². The van der Waals surface area contributed by atoms with Crippen LogP contribution in [0.2, 0.25) is 5.02 Å². The van der Waals surface area contributed by atoms with Crippen LogP contribution in [-0.2, 0) is 4.74 Å².